The van der Waals surface area contributed by atoms with Crippen LogP contribution in [0.2, 0.25) is 5.15 Å². The van der Waals surface area contributed by atoms with Crippen molar-refractivity contribution < 1.29 is 4.79 Å². The molecule has 0 fully saturated rings. The maximum atomic E-state index is 11.5. The first kappa shape index (κ1) is 8.51. The largest absolute Gasteiger partial charge is 0.310 e. The molecule has 13 heavy (non-hydrogen) atoms. The van der Waals surface area contributed by atoms with Gasteiger partial charge in [-0.15, -0.1) is 0 Å². The van der Waals surface area contributed by atoms with Gasteiger partial charge in [-0.05, 0) is 19.9 Å². The standard InChI is InChI=1S/C9H9ClN2O/c1-9(2)5-3-4-6(10)11-7(5)12-8(9)13/h3-4H,1-2H3,(H,11,12,13). The minimum absolute atomic E-state index is 0.0303. The summed E-state index contributed by atoms with van der Waals surface area (Å²) in [5, 5.41) is 3.09. The Bertz CT molecular complexity index is 387. The van der Waals surface area contributed by atoms with E-state index < -0.39 is 5.41 Å². The zero-order valence-corrected chi connectivity index (χ0v) is 8.14. The molecule has 3 nitrogen and oxygen atoms in total. The molecule has 1 aliphatic rings. The second-order valence-corrected chi connectivity index (χ2v) is 4.00. The van der Waals surface area contributed by atoms with Gasteiger partial charge in [-0.3, -0.25) is 4.79 Å². The Morgan fingerprint density at radius 3 is 2.85 bits per heavy atom. The number of pyridine rings is 1. The van der Waals surface area contributed by atoms with Gasteiger partial charge >= 0.3 is 0 Å². The maximum Gasteiger partial charge on any atom is 0.235 e. The fourth-order valence-corrected chi connectivity index (χ4v) is 1.57. The lowest BCUT2D eigenvalue weighted by Gasteiger charge is -2.13. The number of carbonyl (C=O) groups is 1. The number of amides is 1. The number of anilines is 1. The summed E-state index contributed by atoms with van der Waals surface area (Å²) in [7, 11) is 0. The quantitative estimate of drug-likeness (QED) is 0.645. The van der Waals surface area contributed by atoms with E-state index in [0.717, 1.165) is 5.56 Å². The Morgan fingerprint density at radius 2 is 2.15 bits per heavy atom. The number of hydrogen-bond acceptors (Lipinski definition) is 2. The van der Waals surface area contributed by atoms with Gasteiger partial charge in [0.2, 0.25) is 5.91 Å². The summed E-state index contributed by atoms with van der Waals surface area (Å²) in [4.78, 5) is 15.5. The van der Waals surface area contributed by atoms with E-state index in [9.17, 15) is 4.79 Å². The second kappa shape index (κ2) is 2.45. The van der Waals surface area contributed by atoms with Crippen molar-refractivity contribution in [2.45, 2.75) is 19.3 Å². The lowest BCUT2D eigenvalue weighted by Crippen LogP contribution is -2.26. The summed E-state index contributed by atoms with van der Waals surface area (Å²) in [6.45, 7) is 3.73. The molecule has 1 aliphatic heterocycles. The van der Waals surface area contributed by atoms with E-state index >= 15 is 0 Å². The summed E-state index contributed by atoms with van der Waals surface area (Å²) < 4.78 is 0. The molecule has 2 rings (SSSR count). The molecule has 1 amide bonds. The zero-order chi connectivity index (χ0) is 9.64. The van der Waals surface area contributed by atoms with Crippen molar-refractivity contribution >= 4 is 23.3 Å². The molecular formula is C9H9ClN2O. The predicted octanol–water partition coefficient (Wildman–Crippen LogP) is 1.96. The fourth-order valence-electron chi connectivity index (χ4n) is 1.42. The number of nitrogens with zero attached hydrogens (tertiary/aromatic N) is 1. The zero-order valence-electron chi connectivity index (χ0n) is 7.39. The number of rotatable bonds is 0. The molecular weight excluding hydrogens is 188 g/mol. The number of fused-ring (bicyclic) bond motifs is 1. The Morgan fingerprint density at radius 1 is 1.46 bits per heavy atom. The summed E-state index contributed by atoms with van der Waals surface area (Å²) in [6, 6.07) is 3.53. The molecule has 0 unspecified atom stereocenters. The number of halogens is 1. The van der Waals surface area contributed by atoms with E-state index in [-0.39, 0.29) is 5.91 Å². The van der Waals surface area contributed by atoms with Gasteiger partial charge in [0.25, 0.3) is 0 Å². The van der Waals surface area contributed by atoms with Crippen LogP contribution in [0, 0.1) is 0 Å². The minimum atomic E-state index is -0.493. The normalized spacial score (nSPS) is 18.2. The highest BCUT2D eigenvalue weighted by Crippen LogP contribution is 2.36. The maximum absolute atomic E-state index is 11.5. The summed E-state index contributed by atoms with van der Waals surface area (Å²) in [5.74, 6) is 0.555. The van der Waals surface area contributed by atoms with Crippen molar-refractivity contribution in [3.05, 3.63) is 22.8 Å². The van der Waals surface area contributed by atoms with E-state index in [4.69, 9.17) is 11.6 Å². The van der Waals surface area contributed by atoms with E-state index in [1.165, 1.54) is 0 Å². The van der Waals surface area contributed by atoms with E-state index in [2.05, 4.69) is 10.3 Å². The number of nitrogens with one attached hydrogen (secondary N) is 1. The molecule has 2 heterocycles. The van der Waals surface area contributed by atoms with Crippen LogP contribution in [0.15, 0.2) is 12.1 Å². The average Bonchev–Trinajstić information content (AvgIpc) is 2.23. The van der Waals surface area contributed by atoms with Crippen LogP contribution in [-0.4, -0.2) is 10.9 Å². The van der Waals surface area contributed by atoms with Crippen LogP contribution >= 0.6 is 11.6 Å². The van der Waals surface area contributed by atoms with Crippen molar-refractivity contribution in [3.8, 4) is 0 Å². The third-order valence-electron chi connectivity index (χ3n) is 2.33. The lowest BCUT2D eigenvalue weighted by atomic mass is 9.87. The molecule has 4 heteroatoms. The van der Waals surface area contributed by atoms with E-state index in [1.807, 2.05) is 19.9 Å². The molecule has 0 aliphatic carbocycles. The first-order valence-corrected chi connectivity index (χ1v) is 4.38. The van der Waals surface area contributed by atoms with Crippen LogP contribution in [0.5, 0.6) is 0 Å². The first-order valence-electron chi connectivity index (χ1n) is 4.00. The Labute approximate surface area is 81.1 Å². The number of carbonyl (C=O) groups excluding carboxylic acids is 1. The van der Waals surface area contributed by atoms with Crippen molar-refractivity contribution in [2.75, 3.05) is 5.32 Å². The van der Waals surface area contributed by atoms with Gasteiger partial charge in [0.15, 0.2) is 0 Å². The molecule has 1 N–H and O–H groups in total. The molecule has 0 aromatic carbocycles. The van der Waals surface area contributed by atoms with Crippen LogP contribution in [-0.2, 0) is 10.2 Å². The van der Waals surface area contributed by atoms with Crippen molar-refractivity contribution in [1.82, 2.24) is 4.98 Å². The third-order valence-corrected chi connectivity index (χ3v) is 2.54. The molecule has 0 atom stereocenters. The van der Waals surface area contributed by atoms with Crippen LogP contribution in [0.1, 0.15) is 19.4 Å². The number of hydrogen-bond donors (Lipinski definition) is 1. The van der Waals surface area contributed by atoms with Gasteiger partial charge in [-0.25, -0.2) is 4.98 Å². The Hall–Kier alpha value is -1.09. The predicted molar refractivity (Wildman–Crippen MR) is 50.9 cm³/mol. The molecule has 68 valence electrons. The van der Waals surface area contributed by atoms with Crippen LogP contribution in [0.25, 0.3) is 0 Å². The number of aromatic nitrogens is 1. The van der Waals surface area contributed by atoms with Crippen molar-refractivity contribution in [2.24, 2.45) is 0 Å². The molecule has 1 aromatic rings. The lowest BCUT2D eigenvalue weighted by molar-refractivity contribution is -0.119. The van der Waals surface area contributed by atoms with Gasteiger partial charge in [0.1, 0.15) is 11.0 Å². The Balaban J connectivity index is 2.62. The molecule has 0 radical (unpaired) electrons. The van der Waals surface area contributed by atoms with Gasteiger partial charge in [-0.2, -0.15) is 0 Å². The van der Waals surface area contributed by atoms with Crippen molar-refractivity contribution in [1.29, 1.82) is 0 Å². The molecule has 0 saturated carbocycles. The van der Waals surface area contributed by atoms with E-state index in [1.54, 1.807) is 6.07 Å². The van der Waals surface area contributed by atoms with Crippen LogP contribution in [0.4, 0.5) is 5.82 Å². The van der Waals surface area contributed by atoms with Gasteiger partial charge < -0.3 is 5.32 Å². The summed E-state index contributed by atoms with van der Waals surface area (Å²) >= 11 is 5.70. The van der Waals surface area contributed by atoms with Crippen molar-refractivity contribution in [3.63, 3.8) is 0 Å². The van der Waals surface area contributed by atoms with Gasteiger partial charge in [-0.1, -0.05) is 17.7 Å². The van der Waals surface area contributed by atoms with Crippen LogP contribution < -0.4 is 5.32 Å². The summed E-state index contributed by atoms with van der Waals surface area (Å²) in [6.07, 6.45) is 0. The molecule has 0 bridgehead atoms. The SMILES string of the molecule is CC1(C)C(=O)Nc2nc(Cl)ccc21. The molecule has 0 saturated heterocycles. The highest BCUT2D eigenvalue weighted by atomic mass is 35.5. The highest BCUT2D eigenvalue weighted by Gasteiger charge is 2.39. The molecule has 1 aromatic heterocycles. The molecule has 0 spiro atoms. The smallest absolute Gasteiger partial charge is 0.235 e. The Kier molecular flexibility index (Phi) is 1.60. The van der Waals surface area contributed by atoms with Gasteiger partial charge in [0, 0.05) is 5.56 Å². The third kappa shape index (κ3) is 1.11. The van der Waals surface area contributed by atoms with E-state index in [0.29, 0.717) is 11.0 Å². The topological polar surface area (TPSA) is 42.0 Å². The first-order chi connectivity index (χ1) is 6.01. The monoisotopic (exact) mass is 196 g/mol. The van der Waals surface area contributed by atoms with Crippen LogP contribution in [0.3, 0.4) is 0 Å². The highest BCUT2D eigenvalue weighted by molar-refractivity contribution is 6.29. The second-order valence-electron chi connectivity index (χ2n) is 3.61. The minimum Gasteiger partial charge on any atom is -0.310 e. The summed E-state index contributed by atoms with van der Waals surface area (Å²) in [5.41, 5.74) is 0.411. The average molecular weight is 197 g/mol. The van der Waals surface area contributed by atoms with Gasteiger partial charge in [0.05, 0.1) is 5.41 Å². The fraction of sp³-hybridized carbons (Fsp3) is 0.333.